The molecule has 2 aromatic carbocycles. The number of oxime groups is 1. The average molecular weight is 414 g/mol. The standard InChI is InChI=1S/C21H22N2O7/c1-3-26-17-7-5-16(6-8-17)22-20(24)11-27-21(25)12-30-23-14(2)15-4-9-18-19(10-15)29-13-28-18/h4-10H,3,11-13H2,1-2H3,(H,22,24)/b23-14-. The van der Waals surface area contributed by atoms with Crippen LogP contribution in [0.3, 0.4) is 0 Å². The highest BCUT2D eigenvalue weighted by Crippen LogP contribution is 2.32. The Bertz CT molecular complexity index is 925. The molecule has 1 heterocycles. The van der Waals surface area contributed by atoms with E-state index in [-0.39, 0.29) is 6.79 Å². The lowest BCUT2D eigenvalue weighted by atomic mass is 10.1. The lowest BCUT2D eigenvalue weighted by Crippen LogP contribution is -2.22. The van der Waals surface area contributed by atoms with Gasteiger partial charge in [0.25, 0.3) is 5.91 Å². The van der Waals surface area contributed by atoms with E-state index in [0.29, 0.717) is 35.3 Å². The van der Waals surface area contributed by atoms with Crippen molar-refractivity contribution in [1.82, 2.24) is 0 Å². The van der Waals surface area contributed by atoms with Crippen molar-refractivity contribution in [2.45, 2.75) is 13.8 Å². The molecular formula is C21H22N2O7. The van der Waals surface area contributed by atoms with Crippen molar-refractivity contribution in [3.63, 3.8) is 0 Å². The molecule has 0 aromatic heterocycles. The SMILES string of the molecule is CCOc1ccc(NC(=O)COC(=O)CO/N=C(/C)c2ccc3c(c2)OCO3)cc1. The van der Waals surface area contributed by atoms with Crippen LogP contribution in [-0.2, 0) is 19.2 Å². The maximum absolute atomic E-state index is 11.9. The molecule has 9 heteroatoms. The van der Waals surface area contributed by atoms with Crippen molar-refractivity contribution in [3.05, 3.63) is 48.0 Å². The molecule has 0 aliphatic carbocycles. The molecule has 1 aliphatic rings. The van der Waals surface area contributed by atoms with Crippen LogP contribution in [0, 0.1) is 0 Å². The molecule has 0 saturated carbocycles. The number of amides is 1. The van der Waals surface area contributed by atoms with Crippen molar-refractivity contribution < 1.29 is 33.4 Å². The smallest absolute Gasteiger partial charge is 0.347 e. The van der Waals surface area contributed by atoms with E-state index in [1.165, 1.54) is 0 Å². The number of ether oxygens (including phenoxy) is 4. The van der Waals surface area contributed by atoms with Gasteiger partial charge in [-0.2, -0.15) is 0 Å². The molecular weight excluding hydrogens is 392 g/mol. The minimum atomic E-state index is -0.709. The molecule has 1 amide bonds. The molecule has 0 fully saturated rings. The van der Waals surface area contributed by atoms with E-state index in [2.05, 4.69) is 10.5 Å². The third-order valence-electron chi connectivity index (χ3n) is 3.99. The molecule has 1 aliphatic heterocycles. The Hall–Kier alpha value is -3.75. The molecule has 0 bridgehead atoms. The van der Waals surface area contributed by atoms with Crippen molar-refractivity contribution in [1.29, 1.82) is 0 Å². The first-order chi connectivity index (χ1) is 14.5. The molecule has 3 rings (SSSR count). The zero-order valence-corrected chi connectivity index (χ0v) is 16.7. The van der Waals surface area contributed by atoms with Crippen LogP contribution in [0.25, 0.3) is 0 Å². The summed E-state index contributed by atoms with van der Waals surface area (Å²) < 4.78 is 20.8. The van der Waals surface area contributed by atoms with Crippen molar-refractivity contribution in [2.24, 2.45) is 5.16 Å². The number of rotatable bonds is 9. The Labute approximate surface area is 173 Å². The highest BCUT2D eigenvalue weighted by molar-refractivity contribution is 5.99. The van der Waals surface area contributed by atoms with E-state index in [4.69, 9.17) is 23.8 Å². The lowest BCUT2D eigenvalue weighted by molar-refractivity contribution is -0.151. The minimum Gasteiger partial charge on any atom is -0.494 e. The Morgan fingerprint density at radius 2 is 1.83 bits per heavy atom. The number of fused-ring (bicyclic) bond motifs is 1. The normalized spacial score (nSPS) is 12.3. The van der Waals surface area contributed by atoms with Crippen molar-refractivity contribution in [3.8, 4) is 17.2 Å². The van der Waals surface area contributed by atoms with Crippen LogP contribution in [0.4, 0.5) is 5.69 Å². The zero-order chi connectivity index (χ0) is 21.3. The molecule has 1 N–H and O–H groups in total. The first kappa shape index (κ1) is 21.0. The van der Waals surface area contributed by atoms with E-state index in [1.807, 2.05) is 6.92 Å². The number of carbonyl (C=O) groups excluding carboxylic acids is 2. The predicted octanol–water partition coefficient (Wildman–Crippen LogP) is 2.74. The molecule has 0 atom stereocenters. The average Bonchev–Trinajstić information content (AvgIpc) is 3.22. The first-order valence-electron chi connectivity index (χ1n) is 9.30. The Balaban J connectivity index is 1.39. The summed E-state index contributed by atoms with van der Waals surface area (Å²) in [5.74, 6) is 0.821. The van der Waals surface area contributed by atoms with E-state index < -0.39 is 25.1 Å². The maximum Gasteiger partial charge on any atom is 0.347 e. The van der Waals surface area contributed by atoms with E-state index in [9.17, 15) is 9.59 Å². The van der Waals surface area contributed by atoms with Crippen LogP contribution in [0.2, 0.25) is 0 Å². The van der Waals surface area contributed by atoms with Gasteiger partial charge >= 0.3 is 5.97 Å². The van der Waals surface area contributed by atoms with Crippen LogP contribution >= 0.6 is 0 Å². The number of hydrogen-bond donors (Lipinski definition) is 1. The second-order valence-corrected chi connectivity index (χ2v) is 6.18. The summed E-state index contributed by atoms with van der Waals surface area (Å²) in [6.07, 6.45) is 0. The largest absolute Gasteiger partial charge is 0.494 e. The minimum absolute atomic E-state index is 0.184. The first-order valence-corrected chi connectivity index (χ1v) is 9.30. The molecule has 0 radical (unpaired) electrons. The summed E-state index contributed by atoms with van der Waals surface area (Å²) in [5, 5.41) is 6.51. The van der Waals surface area contributed by atoms with Crippen LogP contribution in [-0.4, -0.2) is 44.2 Å². The van der Waals surface area contributed by atoms with E-state index in [0.717, 1.165) is 5.56 Å². The van der Waals surface area contributed by atoms with Crippen LogP contribution in [0.5, 0.6) is 17.2 Å². The van der Waals surface area contributed by atoms with Gasteiger partial charge < -0.3 is 29.1 Å². The third kappa shape index (κ3) is 5.87. The molecule has 2 aromatic rings. The van der Waals surface area contributed by atoms with Crippen molar-refractivity contribution >= 4 is 23.3 Å². The monoisotopic (exact) mass is 414 g/mol. The Kier molecular flexibility index (Phi) is 7.09. The summed E-state index contributed by atoms with van der Waals surface area (Å²) in [6, 6.07) is 12.2. The summed E-state index contributed by atoms with van der Waals surface area (Å²) >= 11 is 0. The highest BCUT2D eigenvalue weighted by atomic mass is 16.7. The topological polar surface area (TPSA) is 105 Å². The number of benzene rings is 2. The van der Waals surface area contributed by atoms with Gasteiger partial charge in [0.15, 0.2) is 18.1 Å². The van der Waals surface area contributed by atoms with E-state index >= 15 is 0 Å². The molecule has 30 heavy (non-hydrogen) atoms. The Morgan fingerprint density at radius 3 is 2.60 bits per heavy atom. The fraction of sp³-hybridized carbons (Fsp3) is 0.286. The summed E-state index contributed by atoms with van der Waals surface area (Å²) in [7, 11) is 0. The predicted molar refractivity (Wildman–Crippen MR) is 108 cm³/mol. The fourth-order valence-electron chi connectivity index (χ4n) is 2.54. The maximum atomic E-state index is 11.9. The van der Waals surface area contributed by atoms with Gasteiger partial charge in [0.1, 0.15) is 5.75 Å². The summed E-state index contributed by atoms with van der Waals surface area (Å²) in [4.78, 5) is 28.6. The van der Waals surface area contributed by atoms with Gasteiger partial charge in [-0.15, -0.1) is 0 Å². The van der Waals surface area contributed by atoms with Gasteiger partial charge in [0, 0.05) is 11.3 Å². The van der Waals surface area contributed by atoms with Crippen LogP contribution < -0.4 is 19.5 Å². The quantitative estimate of drug-likeness (QED) is 0.382. The Morgan fingerprint density at radius 1 is 1.07 bits per heavy atom. The number of hydrogen-bond acceptors (Lipinski definition) is 8. The molecule has 9 nitrogen and oxygen atoms in total. The number of esters is 1. The van der Waals surface area contributed by atoms with Gasteiger partial charge in [-0.1, -0.05) is 5.16 Å². The third-order valence-corrected chi connectivity index (χ3v) is 3.99. The van der Waals surface area contributed by atoms with Gasteiger partial charge in [-0.05, 0) is 56.3 Å². The van der Waals surface area contributed by atoms with Crippen molar-refractivity contribution in [2.75, 3.05) is 31.9 Å². The lowest BCUT2D eigenvalue weighted by Gasteiger charge is -2.08. The van der Waals surface area contributed by atoms with Crippen LogP contribution in [0.15, 0.2) is 47.6 Å². The summed E-state index contributed by atoms with van der Waals surface area (Å²) in [5.41, 5.74) is 1.89. The number of carbonyl (C=O) groups is 2. The zero-order valence-electron chi connectivity index (χ0n) is 16.7. The highest BCUT2D eigenvalue weighted by Gasteiger charge is 2.14. The molecule has 0 spiro atoms. The van der Waals surface area contributed by atoms with Gasteiger partial charge in [-0.25, -0.2) is 4.79 Å². The molecule has 0 saturated heterocycles. The molecule has 158 valence electrons. The number of nitrogens with zero attached hydrogens (tertiary/aromatic N) is 1. The second-order valence-electron chi connectivity index (χ2n) is 6.18. The van der Waals surface area contributed by atoms with Gasteiger partial charge in [0.05, 0.1) is 12.3 Å². The second kappa shape index (κ2) is 10.1. The van der Waals surface area contributed by atoms with Gasteiger partial charge in [-0.3, -0.25) is 4.79 Å². The molecule has 0 unspecified atom stereocenters. The van der Waals surface area contributed by atoms with E-state index in [1.54, 1.807) is 49.4 Å². The number of anilines is 1. The van der Waals surface area contributed by atoms with Crippen LogP contribution in [0.1, 0.15) is 19.4 Å². The number of nitrogens with one attached hydrogen (secondary N) is 1. The fourth-order valence-corrected chi connectivity index (χ4v) is 2.54. The van der Waals surface area contributed by atoms with Gasteiger partial charge in [0.2, 0.25) is 13.4 Å². The summed E-state index contributed by atoms with van der Waals surface area (Å²) in [6.45, 7) is 3.51.